The van der Waals surface area contributed by atoms with Gasteiger partial charge in [-0.15, -0.1) is 10.2 Å². The summed E-state index contributed by atoms with van der Waals surface area (Å²) in [6, 6.07) is 3.24. The molecule has 1 aliphatic rings. The van der Waals surface area contributed by atoms with Gasteiger partial charge >= 0.3 is 6.18 Å². The van der Waals surface area contributed by atoms with Gasteiger partial charge in [-0.2, -0.15) is 13.2 Å². The van der Waals surface area contributed by atoms with Crippen molar-refractivity contribution in [3.63, 3.8) is 0 Å². The number of alkyl halides is 3. The number of rotatable bonds is 6. The Hall–Kier alpha value is -3.05. The molecule has 0 saturated carbocycles. The van der Waals surface area contributed by atoms with Crippen LogP contribution in [0.4, 0.5) is 19.0 Å². The zero-order chi connectivity index (χ0) is 22.2. The predicted octanol–water partition coefficient (Wildman–Crippen LogP) is 3.05. The molecule has 1 aliphatic heterocycles. The minimum atomic E-state index is -4.59. The minimum absolute atomic E-state index is 0.0700. The number of carbonyl (C=O) groups excluding carboxylic acids is 1. The van der Waals surface area contributed by atoms with Crippen molar-refractivity contribution in [1.82, 2.24) is 25.3 Å². The molecule has 2 aromatic heterocycles. The summed E-state index contributed by atoms with van der Waals surface area (Å²) in [6.07, 6.45) is -0.853. The SMILES string of the molecule is NC(=O)c1cncc2c(N[C@@H](CN3CCC3)c3ccc(Cl)c(C(F)(F)F)c3)nnnc12. The lowest BCUT2D eigenvalue weighted by molar-refractivity contribution is -0.137. The summed E-state index contributed by atoms with van der Waals surface area (Å²) in [5, 5.41) is 14.7. The Bertz CT molecular complexity index is 1140. The highest BCUT2D eigenvalue weighted by atomic mass is 35.5. The maximum Gasteiger partial charge on any atom is 0.417 e. The number of halogens is 4. The molecule has 12 heteroatoms. The third-order valence-electron chi connectivity index (χ3n) is 5.13. The second-order valence-electron chi connectivity index (χ2n) is 7.17. The number of fused-ring (bicyclic) bond motifs is 1. The van der Waals surface area contributed by atoms with Gasteiger partial charge in [0.25, 0.3) is 5.91 Å². The van der Waals surface area contributed by atoms with E-state index in [1.807, 2.05) is 0 Å². The first kappa shape index (κ1) is 21.2. The summed E-state index contributed by atoms with van der Waals surface area (Å²) in [6.45, 7) is 2.12. The molecule has 8 nitrogen and oxygen atoms in total. The maximum absolute atomic E-state index is 13.4. The summed E-state index contributed by atoms with van der Waals surface area (Å²) in [4.78, 5) is 17.8. The number of benzene rings is 1. The van der Waals surface area contributed by atoms with E-state index in [2.05, 4.69) is 30.6 Å². The van der Waals surface area contributed by atoms with Gasteiger partial charge in [-0.1, -0.05) is 17.7 Å². The number of nitrogens with zero attached hydrogens (tertiary/aromatic N) is 5. The molecule has 1 amide bonds. The summed E-state index contributed by atoms with van der Waals surface area (Å²) < 4.78 is 40.2. The maximum atomic E-state index is 13.4. The Labute approximate surface area is 179 Å². The number of amides is 1. The normalized spacial score (nSPS) is 15.5. The Morgan fingerprint density at radius 1 is 1.26 bits per heavy atom. The molecule has 3 aromatic rings. The number of nitrogens with two attached hydrogens (primary N) is 1. The van der Waals surface area contributed by atoms with Crippen molar-refractivity contribution in [2.45, 2.75) is 18.6 Å². The monoisotopic (exact) mass is 451 g/mol. The number of anilines is 1. The van der Waals surface area contributed by atoms with Gasteiger partial charge in [-0.3, -0.25) is 9.78 Å². The number of aromatic nitrogens is 4. The van der Waals surface area contributed by atoms with Crippen LogP contribution in [-0.2, 0) is 6.18 Å². The lowest BCUT2D eigenvalue weighted by Gasteiger charge is -2.35. The van der Waals surface area contributed by atoms with Crippen LogP contribution in [0.25, 0.3) is 10.9 Å². The third kappa shape index (κ3) is 4.37. The highest BCUT2D eigenvalue weighted by Gasteiger charge is 2.34. The van der Waals surface area contributed by atoms with E-state index in [1.54, 1.807) is 6.07 Å². The summed E-state index contributed by atoms with van der Waals surface area (Å²) in [5.41, 5.74) is 5.12. The quantitative estimate of drug-likeness (QED) is 0.592. The molecule has 0 spiro atoms. The van der Waals surface area contributed by atoms with Gasteiger partial charge in [0.2, 0.25) is 0 Å². The number of pyridine rings is 1. The standard InChI is InChI=1S/C19H17ClF3N7O/c20-14-3-2-10(6-13(14)19(21,22)23)15(9-30-4-1-5-30)26-18-12-8-25-7-11(17(24)31)16(12)27-29-28-18/h2-3,6-8,15H,1,4-5,9H2,(H2,24,31)(H,26,27,28)/t15-/m0/s1. The first-order valence-electron chi connectivity index (χ1n) is 9.36. The van der Waals surface area contributed by atoms with Gasteiger partial charge < -0.3 is 16.0 Å². The molecule has 1 atom stereocenters. The van der Waals surface area contributed by atoms with Crippen molar-refractivity contribution in [2.75, 3.05) is 25.0 Å². The summed E-state index contributed by atoms with van der Waals surface area (Å²) in [5.74, 6) is -0.496. The smallest absolute Gasteiger partial charge is 0.365 e. The highest BCUT2D eigenvalue weighted by Crippen LogP contribution is 2.37. The van der Waals surface area contributed by atoms with E-state index >= 15 is 0 Å². The van der Waals surface area contributed by atoms with Crippen LogP contribution in [0.1, 0.15) is 33.9 Å². The second-order valence-corrected chi connectivity index (χ2v) is 7.58. The molecule has 0 bridgehead atoms. The number of hydrogen-bond donors (Lipinski definition) is 2. The molecule has 3 N–H and O–H groups in total. The van der Waals surface area contributed by atoms with Crippen molar-refractivity contribution in [1.29, 1.82) is 0 Å². The first-order chi connectivity index (χ1) is 14.7. The fraction of sp³-hybridized carbons (Fsp3) is 0.316. The Kier molecular flexibility index (Phi) is 5.63. The molecule has 4 rings (SSSR count). The zero-order valence-corrected chi connectivity index (χ0v) is 16.8. The van der Waals surface area contributed by atoms with Crippen molar-refractivity contribution in [3.05, 3.63) is 52.3 Å². The van der Waals surface area contributed by atoms with Crippen LogP contribution in [0.2, 0.25) is 5.02 Å². The van der Waals surface area contributed by atoms with E-state index in [4.69, 9.17) is 17.3 Å². The van der Waals surface area contributed by atoms with Crippen molar-refractivity contribution >= 4 is 34.2 Å². The molecule has 31 heavy (non-hydrogen) atoms. The lowest BCUT2D eigenvalue weighted by atomic mass is 10.0. The first-order valence-corrected chi connectivity index (χ1v) is 9.74. The Morgan fingerprint density at radius 2 is 2.03 bits per heavy atom. The van der Waals surface area contributed by atoms with Gasteiger partial charge in [0.15, 0.2) is 5.82 Å². The molecule has 0 radical (unpaired) electrons. The van der Waals surface area contributed by atoms with Gasteiger partial charge in [0, 0.05) is 18.9 Å². The van der Waals surface area contributed by atoms with Crippen LogP contribution in [0.3, 0.4) is 0 Å². The second kappa shape index (κ2) is 8.23. The minimum Gasteiger partial charge on any atom is -0.365 e. The summed E-state index contributed by atoms with van der Waals surface area (Å²) in [7, 11) is 0. The average molecular weight is 452 g/mol. The number of primary amides is 1. The fourth-order valence-corrected chi connectivity index (χ4v) is 3.61. The van der Waals surface area contributed by atoms with Crippen LogP contribution < -0.4 is 11.1 Å². The van der Waals surface area contributed by atoms with Crippen molar-refractivity contribution in [3.8, 4) is 0 Å². The van der Waals surface area contributed by atoms with E-state index in [1.165, 1.54) is 18.5 Å². The molecule has 0 aliphatic carbocycles. The van der Waals surface area contributed by atoms with Crippen LogP contribution in [-0.4, -0.2) is 50.8 Å². The zero-order valence-electron chi connectivity index (χ0n) is 16.0. The largest absolute Gasteiger partial charge is 0.417 e. The van der Waals surface area contributed by atoms with Crippen molar-refractivity contribution < 1.29 is 18.0 Å². The van der Waals surface area contributed by atoms with E-state index in [0.717, 1.165) is 25.6 Å². The Balaban J connectivity index is 1.75. The van der Waals surface area contributed by atoms with Gasteiger partial charge in [-0.05, 0) is 42.4 Å². The van der Waals surface area contributed by atoms with Gasteiger partial charge in [-0.25, -0.2) is 0 Å². The van der Waals surface area contributed by atoms with Crippen LogP contribution in [0.5, 0.6) is 0 Å². The van der Waals surface area contributed by atoms with E-state index in [-0.39, 0.29) is 21.9 Å². The van der Waals surface area contributed by atoms with Crippen molar-refractivity contribution in [2.24, 2.45) is 5.73 Å². The molecule has 1 fully saturated rings. The molecular formula is C19H17ClF3N7O. The predicted molar refractivity (Wildman–Crippen MR) is 108 cm³/mol. The topological polar surface area (TPSA) is 110 Å². The number of likely N-dealkylation sites (tertiary alicyclic amines) is 1. The van der Waals surface area contributed by atoms with Crippen LogP contribution in [0, 0.1) is 0 Å². The molecule has 1 saturated heterocycles. The van der Waals surface area contributed by atoms with Crippen LogP contribution in [0.15, 0.2) is 30.6 Å². The number of nitrogens with one attached hydrogen (secondary N) is 1. The van der Waals surface area contributed by atoms with E-state index in [9.17, 15) is 18.0 Å². The van der Waals surface area contributed by atoms with Gasteiger partial charge in [0.05, 0.1) is 27.6 Å². The molecule has 3 heterocycles. The van der Waals surface area contributed by atoms with E-state index in [0.29, 0.717) is 17.5 Å². The average Bonchev–Trinajstić information content (AvgIpc) is 2.68. The number of carbonyl (C=O) groups is 1. The molecule has 162 valence electrons. The van der Waals surface area contributed by atoms with Crippen LogP contribution >= 0.6 is 11.6 Å². The summed E-state index contributed by atoms with van der Waals surface area (Å²) >= 11 is 5.78. The Morgan fingerprint density at radius 3 is 2.68 bits per heavy atom. The molecule has 0 unspecified atom stereocenters. The van der Waals surface area contributed by atoms with Gasteiger partial charge in [0.1, 0.15) is 5.52 Å². The highest BCUT2D eigenvalue weighted by molar-refractivity contribution is 6.31. The third-order valence-corrected chi connectivity index (χ3v) is 5.46. The fourth-order valence-electron chi connectivity index (χ4n) is 3.39. The molecule has 1 aromatic carbocycles. The molecular weight excluding hydrogens is 435 g/mol. The lowest BCUT2D eigenvalue weighted by Crippen LogP contribution is -2.41. The number of hydrogen-bond acceptors (Lipinski definition) is 7. The van der Waals surface area contributed by atoms with E-state index < -0.39 is 23.7 Å².